The zero-order valence-corrected chi connectivity index (χ0v) is 13.4. The summed E-state index contributed by atoms with van der Waals surface area (Å²) < 4.78 is 0. The first-order chi connectivity index (χ1) is 10.3. The van der Waals surface area contributed by atoms with Gasteiger partial charge in [-0.05, 0) is 24.1 Å². The van der Waals surface area contributed by atoms with Gasteiger partial charge >= 0.3 is 0 Å². The average molecular weight is 319 g/mol. The van der Waals surface area contributed by atoms with E-state index in [0.717, 1.165) is 19.5 Å². The van der Waals surface area contributed by atoms with Crippen molar-refractivity contribution in [3.63, 3.8) is 0 Å². The molecule has 0 atom stereocenters. The Labute approximate surface area is 138 Å². The quantitative estimate of drug-likeness (QED) is 0.468. The van der Waals surface area contributed by atoms with Crippen molar-refractivity contribution in [2.24, 2.45) is 16.5 Å². The van der Waals surface area contributed by atoms with Crippen LogP contribution in [0.2, 0.25) is 0 Å². The Balaban J connectivity index is 0.00000242. The van der Waals surface area contributed by atoms with Crippen molar-refractivity contribution in [2.75, 3.05) is 18.0 Å². The van der Waals surface area contributed by atoms with Gasteiger partial charge in [0, 0.05) is 25.3 Å². The molecule has 0 aliphatic heterocycles. The second kappa shape index (κ2) is 9.68. The molecule has 0 saturated carbocycles. The summed E-state index contributed by atoms with van der Waals surface area (Å²) in [5.74, 6) is 0.157. The number of rotatable bonds is 7. The summed E-state index contributed by atoms with van der Waals surface area (Å²) in [6, 6.07) is 20.9. The Morgan fingerprint density at radius 2 is 1.50 bits per heavy atom. The first-order valence-corrected chi connectivity index (χ1v) is 7.15. The zero-order valence-electron chi connectivity index (χ0n) is 12.6. The van der Waals surface area contributed by atoms with Crippen LogP contribution in [0, 0.1) is 0 Å². The molecule has 0 fully saturated rings. The normalized spacial score (nSPS) is 9.64. The van der Waals surface area contributed by atoms with E-state index in [1.54, 1.807) is 0 Å². The van der Waals surface area contributed by atoms with Crippen LogP contribution < -0.4 is 16.4 Å². The van der Waals surface area contributed by atoms with Gasteiger partial charge in [-0.15, -0.1) is 12.4 Å². The van der Waals surface area contributed by atoms with Crippen molar-refractivity contribution in [3.8, 4) is 0 Å². The fraction of sp³-hybridized carbons (Fsp3) is 0.235. The molecule has 0 bridgehead atoms. The predicted octanol–water partition coefficient (Wildman–Crippen LogP) is 2.78. The van der Waals surface area contributed by atoms with Crippen LogP contribution in [0.3, 0.4) is 0 Å². The van der Waals surface area contributed by atoms with Crippen LogP contribution in [-0.4, -0.2) is 19.0 Å². The van der Waals surface area contributed by atoms with E-state index in [1.165, 1.54) is 11.3 Å². The van der Waals surface area contributed by atoms with Gasteiger partial charge in [-0.2, -0.15) is 0 Å². The fourth-order valence-electron chi connectivity index (χ4n) is 2.21. The van der Waals surface area contributed by atoms with E-state index in [4.69, 9.17) is 11.5 Å². The maximum Gasteiger partial charge on any atom is 0.185 e. The summed E-state index contributed by atoms with van der Waals surface area (Å²) >= 11 is 0. The Kier molecular flexibility index (Phi) is 7.86. The maximum atomic E-state index is 5.36. The number of halogens is 1. The van der Waals surface area contributed by atoms with E-state index < -0.39 is 0 Å². The van der Waals surface area contributed by atoms with Gasteiger partial charge in [-0.3, -0.25) is 4.99 Å². The number of benzene rings is 2. The van der Waals surface area contributed by atoms with E-state index in [1.807, 2.05) is 12.1 Å². The highest BCUT2D eigenvalue weighted by Crippen LogP contribution is 2.17. The van der Waals surface area contributed by atoms with Gasteiger partial charge in [0.05, 0.1) is 0 Å². The Hall–Kier alpha value is -2.20. The molecule has 0 amide bonds. The molecule has 22 heavy (non-hydrogen) atoms. The van der Waals surface area contributed by atoms with E-state index >= 15 is 0 Å². The van der Waals surface area contributed by atoms with Crippen LogP contribution in [0.15, 0.2) is 65.7 Å². The highest BCUT2D eigenvalue weighted by Gasteiger charge is 2.06. The van der Waals surface area contributed by atoms with E-state index in [9.17, 15) is 0 Å². The van der Waals surface area contributed by atoms with Crippen LogP contribution >= 0.6 is 12.4 Å². The Morgan fingerprint density at radius 3 is 2.09 bits per heavy atom. The molecule has 2 aromatic carbocycles. The topological polar surface area (TPSA) is 67.6 Å². The first-order valence-electron chi connectivity index (χ1n) is 7.15. The minimum absolute atomic E-state index is 0. The molecule has 0 radical (unpaired) electrons. The molecule has 5 heteroatoms. The number of hydrogen-bond acceptors (Lipinski definition) is 2. The van der Waals surface area contributed by atoms with E-state index in [-0.39, 0.29) is 18.4 Å². The van der Waals surface area contributed by atoms with Crippen LogP contribution in [0.25, 0.3) is 0 Å². The SMILES string of the molecule is Cl.NC(N)=NCCCN(Cc1ccccc1)c1ccccc1. The molecular weight excluding hydrogens is 296 g/mol. The molecular formula is C17H23ClN4. The van der Waals surface area contributed by atoms with Gasteiger partial charge in [-0.1, -0.05) is 48.5 Å². The highest BCUT2D eigenvalue weighted by atomic mass is 35.5. The number of nitrogens with two attached hydrogens (primary N) is 2. The van der Waals surface area contributed by atoms with E-state index in [0.29, 0.717) is 6.54 Å². The number of guanidine groups is 1. The first kappa shape index (κ1) is 17.9. The van der Waals surface area contributed by atoms with Gasteiger partial charge in [0.2, 0.25) is 0 Å². The minimum Gasteiger partial charge on any atom is -0.370 e. The van der Waals surface area contributed by atoms with Crippen molar-refractivity contribution >= 4 is 24.1 Å². The largest absolute Gasteiger partial charge is 0.370 e. The molecule has 118 valence electrons. The standard InChI is InChI=1S/C17H22N4.ClH/c18-17(19)20-12-7-13-21(16-10-5-2-6-11-16)14-15-8-3-1-4-9-15;/h1-6,8-11H,7,12-14H2,(H4,18,19,20);1H. The molecule has 4 nitrogen and oxygen atoms in total. The average Bonchev–Trinajstić information content (AvgIpc) is 2.52. The lowest BCUT2D eigenvalue weighted by atomic mass is 10.2. The zero-order chi connectivity index (χ0) is 14.9. The number of nitrogens with zero attached hydrogens (tertiary/aromatic N) is 2. The number of aliphatic imine (C=N–C) groups is 1. The third-order valence-corrected chi connectivity index (χ3v) is 3.22. The molecule has 0 aliphatic carbocycles. The molecule has 2 aromatic rings. The lowest BCUT2D eigenvalue weighted by molar-refractivity contribution is 0.736. The summed E-state index contributed by atoms with van der Waals surface area (Å²) in [6.07, 6.45) is 0.916. The van der Waals surface area contributed by atoms with Gasteiger partial charge in [-0.25, -0.2) is 0 Å². The molecule has 0 spiro atoms. The molecule has 0 aromatic heterocycles. The Bertz CT molecular complexity index is 553. The van der Waals surface area contributed by atoms with Crippen molar-refractivity contribution in [3.05, 3.63) is 66.2 Å². The third-order valence-electron chi connectivity index (χ3n) is 3.22. The molecule has 4 N–H and O–H groups in total. The molecule has 0 heterocycles. The van der Waals surface area contributed by atoms with Crippen molar-refractivity contribution in [1.82, 2.24) is 0 Å². The second-order valence-corrected chi connectivity index (χ2v) is 4.90. The summed E-state index contributed by atoms with van der Waals surface area (Å²) in [5.41, 5.74) is 13.2. The lowest BCUT2D eigenvalue weighted by Crippen LogP contribution is -2.26. The summed E-state index contributed by atoms with van der Waals surface area (Å²) in [5, 5.41) is 0. The summed E-state index contributed by atoms with van der Waals surface area (Å²) in [6.45, 7) is 2.45. The van der Waals surface area contributed by atoms with Crippen LogP contribution in [0.1, 0.15) is 12.0 Å². The Morgan fingerprint density at radius 1 is 0.909 bits per heavy atom. The third kappa shape index (κ3) is 6.06. The molecule has 0 aliphatic rings. The van der Waals surface area contributed by atoms with Gasteiger partial charge < -0.3 is 16.4 Å². The van der Waals surface area contributed by atoms with Gasteiger partial charge in [0.25, 0.3) is 0 Å². The van der Waals surface area contributed by atoms with Crippen molar-refractivity contribution in [2.45, 2.75) is 13.0 Å². The number of anilines is 1. The van der Waals surface area contributed by atoms with Crippen LogP contribution in [-0.2, 0) is 6.54 Å². The maximum absolute atomic E-state index is 5.36. The number of hydrogen-bond donors (Lipinski definition) is 2. The molecule has 0 unspecified atom stereocenters. The van der Waals surface area contributed by atoms with Crippen LogP contribution in [0.5, 0.6) is 0 Å². The fourth-order valence-corrected chi connectivity index (χ4v) is 2.21. The predicted molar refractivity (Wildman–Crippen MR) is 96.5 cm³/mol. The summed E-state index contributed by atoms with van der Waals surface area (Å²) in [4.78, 5) is 6.39. The second-order valence-electron chi connectivity index (χ2n) is 4.90. The van der Waals surface area contributed by atoms with Crippen molar-refractivity contribution in [1.29, 1.82) is 0 Å². The smallest absolute Gasteiger partial charge is 0.185 e. The van der Waals surface area contributed by atoms with Gasteiger partial charge in [0.15, 0.2) is 5.96 Å². The summed E-state index contributed by atoms with van der Waals surface area (Å²) in [7, 11) is 0. The van der Waals surface area contributed by atoms with Gasteiger partial charge in [0.1, 0.15) is 0 Å². The number of para-hydroxylation sites is 1. The minimum atomic E-state index is 0. The lowest BCUT2D eigenvalue weighted by Gasteiger charge is -2.24. The molecule has 2 rings (SSSR count). The molecule has 0 saturated heterocycles. The van der Waals surface area contributed by atoms with E-state index in [2.05, 4.69) is 58.4 Å². The highest BCUT2D eigenvalue weighted by molar-refractivity contribution is 5.85. The monoisotopic (exact) mass is 318 g/mol. The van der Waals surface area contributed by atoms with Crippen LogP contribution in [0.4, 0.5) is 5.69 Å². The van der Waals surface area contributed by atoms with Crippen molar-refractivity contribution < 1.29 is 0 Å².